The summed E-state index contributed by atoms with van der Waals surface area (Å²) in [5, 5.41) is 30.1. The van der Waals surface area contributed by atoms with Gasteiger partial charge in [-0.3, -0.25) is 52.7 Å². The van der Waals surface area contributed by atoms with Gasteiger partial charge >= 0.3 is 5.97 Å². The van der Waals surface area contributed by atoms with Gasteiger partial charge in [0.15, 0.2) is 23.1 Å². The molecule has 0 radical (unpaired) electrons. The Balaban J connectivity index is 1.98. The molecule has 2 rings (SSSR count). The summed E-state index contributed by atoms with van der Waals surface area (Å²) in [5.74, 6) is -8.86. The van der Waals surface area contributed by atoms with Gasteiger partial charge in [0, 0.05) is 76.3 Å². The Bertz CT molecular complexity index is 1750. The highest BCUT2D eigenvalue weighted by atomic mass is 16.4. The molecule has 0 bridgehead atoms. The molecule has 378 valence electrons. The smallest absolute Gasteiger partial charge is 0.306 e. The lowest BCUT2D eigenvalue weighted by Crippen LogP contribution is -2.45. The van der Waals surface area contributed by atoms with Gasteiger partial charge in [-0.15, -0.1) is 0 Å². The van der Waals surface area contributed by atoms with Crippen molar-refractivity contribution in [3.63, 3.8) is 0 Å². The Hall–Kier alpha value is -4.91. The molecule has 0 aromatic carbocycles. The maximum atomic E-state index is 13.6. The van der Waals surface area contributed by atoms with Gasteiger partial charge in [0.2, 0.25) is 29.5 Å². The number of primary amides is 1. The molecule has 0 spiro atoms. The van der Waals surface area contributed by atoms with Crippen molar-refractivity contribution in [1.29, 1.82) is 0 Å². The number of nitrogens with one attached hydrogen (secondary N) is 4. The Morgan fingerprint density at radius 2 is 1.48 bits per heavy atom. The van der Waals surface area contributed by atoms with E-state index in [2.05, 4.69) is 21.3 Å². The molecule has 8 N–H and O–H groups in total. The minimum absolute atomic E-state index is 0.0254. The minimum Gasteiger partial charge on any atom is -0.481 e. The van der Waals surface area contributed by atoms with Crippen molar-refractivity contribution in [2.75, 3.05) is 19.6 Å². The molecule has 1 unspecified atom stereocenters. The van der Waals surface area contributed by atoms with E-state index in [1.165, 1.54) is 11.8 Å². The van der Waals surface area contributed by atoms with Crippen LogP contribution in [0.5, 0.6) is 0 Å². The minimum atomic E-state index is -1.18. The molecule has 2 fully saturated rings. The molecular formula is C48H78N6O13. The topological polar surface area (TPSA) is 306 Å². The van der Waals surface area contributed by atoms with E-state index < -0.39 is 107 Å². The van der Waals surface area contributed by atoms with Crippen LogP contribution in [0.4, 0.5) is 0 Å². The Labute approximate surface area is 395 Å². The molecule has 19 nitrogen and oxygen atoms in total. The number of β-amino-alcohol motifs (C(OH)–C–C–N with tert-alkyl or cyclic N) is 1. The predicted octanol–water partition coefficient (Wildman–Crippen LogP) is 2.25. The molecule has 0 aromatic rings. The van der Waals surface area contributed by atoms with Gasteiger partial charge in [0.25, 0.3) is 0 Å². The molecule has 2 saturated heterocycles. The number of carbonyl (C=O) groups excluding carboxylic acids is 10. The zero-order valence-electron chi connectivity index (χ0n) is 40.5. The van der Waals surface area contributed by atoms with Crippen molar-refractivity contribution in [3.05, 3.63) is 0 Å². The van der Waals surface area contributed by atoms with E-state index in [4.69, 9.17) is 5.73 Å². The van der Waals surface area contributed by atoms with Gasteiger partial charge < -0.3 is 42.1 Å². The number of carboxylic acid groups (broad SMARTS) is 1. The molecule has 2 aliphatic rings. The largest absolute Gasteiger partial charge is 0.481 e. The Kier molecular flexibility index (Phi) is 25.9. The maximum Gasteiger partial charge on any atom is 0.306 e. The van der Waals surface area contributed by atoms with Crippen LogP contribution in [0.15, 0.2) is 0 Å². The highest BCUT2D eigenvalue weighted by molar-refractivity contribution is 5.97. The standard InChI is InChI=1S/C48H78N6O13/c1-7-9-10-12-31(48(66)67)23-42(60)38-13-11-20-54(38)45(63)19-16-39(57)30(6)52-46(64)32(21-28(3)4)22-33(55)27-51-47(65)35(29(5)8-2)25-41(59)36(14-17-43(49)61)53-44(62)18-15-40(58)37-24-34(56)26-50-37/h28-32,34-38,50,56H,7-27H2,1-6H3,(H2,49,61)(H,51,65)(H,52,64)(H,53,62)(H,66,67)/t29?,30-,31+,32+,34+,35-,36-,37-,38-/m0/s1. The van der Waals surface area contributed by atoms with Crippen molar-refractivity contribution >= 4 is 64.4 Å². The molecule has 9 atom stereocenters. The highest BCUT2D eigenvalue weighted by Gasteiger charge is 2.37. The molecule has 5 amide bonds. The first-order valence-corrected chi connectivity index (χ1v) is 24.3. The van der Waals surface area contributed by atoms with Gasteiger partial charge in [-0.05, 0) is 57.3 Å². The lowest BCUT2D eigenvalue weighted by atomic mass is 9.84. The lowest BCUT2D eigenvalue weighted by molar-refractivity contribution is -0.145. The first-order chi connectivity index (χ1) is 31.6. The number of unbranched alkanes of at least 4 members (excludes halogenated alkanes) is 2. The monoisotopic (exact) mass is 947 g/mol. The molecule has 19 heteroatoms. The summed E-state index contributed by atoms with van der Waals surface area (Å²) in [6.07, 6.45) is 2.30. The third kappa shape index (κ3) is 20.9. The number of likely N-dealkylation sites (tertiary alicyclic amines) is 1. The van der Waals surface area contributed by atoms with Crippen LogP contribution in [-0.4, -0.2) is 129 Å². The molecule has 67 heavy (non-hydrogen) atoms. The summed E-state index contributed by atoms with van der Waals surface area (Å²) in [4.78, 5) is 144. The number of aliphatic hydroxyl groups excluding tert-OH is 1. The van der Waals surface area contributed by atoms with Gasteiger partial charge in [0.05, 0.1) is 42.7 Å². The van der Waals surface area contributed by atoms with Crippen LogP contribution in [0.2, 0.25) is 0 Å². The first-order valence-electron chi connectivity index (χ1n) is 24.3. The summed E-state index contributed by atoms with van der Waals surface area (Å²) in [6, 6.07) is -3.49. The molecule has 0 aliphatic carbocycles. The van der Waals surface area contributed by atoms with Crippen LogP contribution < -0.4 is 27.0 Å². The van der Waals surface area contributed by atoms with Gasteiger partial charge in [0.1, 0.15) is 5.78 Å². The average Bonchev–Trinajstić information content (AvgIpc) is 3.95. The van der Waals surface area contributed by atoms with Crippen molar-refractivity contribution in [1.82, 2.24) is 26.2 Å². The van der Waals surface area contributed by atoms with Crippen molar-refractivity contribution < 1.29 is 63.0 Å². The number of rotatable bonds is 34. The Morgan fingerprint density at radius 3 is 2.07 bits per heavy atom. The SMILES string of the molecule is CCCCC[C@H](CC(=O)[C@@H]1CCCN1C(=O)CCC(=O)[C@H](C)NC(=O)[C@@H](CC(=O)CNC(=O)[C@@H](CC(=O)[C@H](CCC(N)=O)NC(=O)CCC(=O)[C@@H]1C[C@@H](O)CN1)C(C)CC)CC(C)C)C(=O)O. The number of hydrogen-bond acceptors (Lipinski definition) is 13. The van der Waals surface area contributed by atoms with Crippen LogP contribution in [-0.2, 0) is 52.7 Å². The fraction of sp³-hybridized carbons (Fsp3) is 0.771. The fourth-order valence-corrected chi connectivity index (χ4v) is 8.69. The summed E-state index contributed by atoms with van der Waals surface area (Å²) in [7, 11) is 0. The van der Waals surface area contributed by atoms with E-state index in [9.17, 15) is 63.0 Å². The third-order valence-corrected chi connectivity index (χ3v) is 13.0. The number of carboxylic acids is 1. The van der Waals surface area contributed by atoms with Crippen LogP contribution in [0.1, 0.15) is 157 Å². The summed E-state index contributed by atoms with van der Waals surface area (Å²) in [6.45, 7) is 10.9. The van der Waals surface area contributed by atoms with E-state index >= 15 is 0 Å². The van der Waals surface area contributed by atoms with E-state index in [1.54, 1.807) is 6.92 Å². The molecule has 0 saturated carbocycles. The number of aliphatic carboxylic acids is 1. The highest BCUT2D eigenvalue weighted by Crippen LogP contribution is 2.25. The molecular weight excluding hydrogens is 869 g/mol. The maximum absolute atomic E-state index is 13.6. The fourth-order valence-electron chi connectivity index (χ4n) is 8.69. The quantitative estimate of drug-likeness (QED) is 0.0456. The number of Topliss-reactive ketones (excluding diaryl/α,β-unsaturated/α-hetero) is 5. The average molecular weight is 947 g/mol. The zero-order chi connectivity index (χ0) is 50.4. The Morgan fingerprint density at radius 1 is 0.776 bits per heavy atom. The number of ketones is 5. The zero-order valence-corrected chi connectivity index (χ0v) is 40.5. The molecule has 2 heterocycles. The predicted molar refractivity (Wildman–Crippen MR) is 247 cm³/mol. The second-order valence-corrected chi connectivity index (χ2v) is 19.0. The van der Waals surface area contributed by atoms with Crippen molar-refractivity contribution in [3.8, 4) is 0 Å². The van der Waals surface area contributed by atoms with Crippen molar-refractivity contribution in [2.24, 2.45) is 35.3 Å². The summed E-state index contributed by atoms with van der Waals surface area (Å²) >= 11 is 0. The molecule has 2 aliphatic heterocycles. The number of nitrogens with zero attached hydrogens (tertiary/aromatic N) is 1. The summed E-state index contributed by atoms with van der Waals surface area (Å²) in [5.41, 5.74) is 5.33. The second kappa shape index (κ2) is 29.8. The van der Waals surface area contributed by atoms with Crippen LogP contribution in [0, 0.1) is 29.6 Å². The van der Waals surface area contributed by atoms with Gasteiger partial charge in [-0.25, -0.2) is 0 Å². The van der Waals surface area contributed by atoms with Crippen molar-refractivity contribution in [2.45, 2.75) is 187 Å². The van der Waals surface area contributed by atoms with E-state index in [1.807, 2.05) is 27.7 Å². The van der Waals surface area contributed by atoms with E-state index in [0.717, 1.165) is 12.8 Å². The van der Waals surface area contributed by atoms with Crippen LogP contribution in [0.25, 0.3) is 0 Å². The number of nitrogens with two attached hydrogens (primary N) is 1. The number of amides is 5. The number of aliphatic hydroxyl groups is 1. The van der Waals surface area contributed by atoms with E-state index in [-0.39, 0.29) is 101 Å². The van der Waals surface area contributed by atoms with Gasteiger partial charge in [-0.2, -0.15) is 0 Å². The van der Waals surface area contributed by atoms with Gasteiger partial charge in [-0.1, -0.05) is 60.3 Å². The second-order valence-electron chi connectivity index (χ2n) is 19.0. The van der Waals surface area contributed by atoms with Crippen LogP contribution >= 0.6 is 0 Å². The molecule has 0 aromatic heterocycles. The number of carbonyl (C=O) groups is 11. The summed E-state index contributed by atoms with van der Waals surface area (Å²) < 4.78 is 0. The first kappa shape index (κ1) is 58.2. The third-order valence-electron chi connectivity index (χ3n) is 13.0. The van der Waals surface area contributed by atoms with Crippen LogP contribution in [0.3, 0.4) is 0 Å². The number of hydrogen-bond donors (Lipinski definition) is 7. The van der Waals surface area contributed by atoms with E-state index in [0.29, 0.717) is 38.6 Å². The normalized spacial score (nSPS) is 19.6. The lowest BCUT2D eigenvalue weighted by Gasteiger charge is -2.25.